The van der Waals surface area contributed by atoms with Crippen LogP contribution in [0.5, 0.6) is 11.6 Å². The standard InChI is InChI=1S/C23H25N3O3/c1-16-13-17(2)15-20(14-16)29-18(3)23(27)24-11-12-28-22-10-9-21(25-26-22)19-7-5-4-6-8-19/h4-10,13-15,18H,11-12H2,1-3H3,(H,24,27). The van der Waals surface area contributed by atoms with Crippen molar-refractivity contribution in [3.8, 4) is 22.9 Å². The highest BCUT2D eigenvalue weighted by molar-refractivity contribution is 5.80. The van der Waals surface area contributed by atoms with Gasteiger partial charge in [0, 0.05) is 11.6 Å². The summed E-state index contributed by atoms with van der Waals surface area (Å²) in [6.45, 7) is 6.36. The maximum Gasteiger partial charge on any atom is 0.260 e. The van der Waals surface area contributed by atoms with Gasteiger partial charge in [-0.2, -0.15) is 0 Å². The quantitative estimate of drug-likeness (QED) is 0.593. The largest absolute Gasteiger partial charge is 0.481 e. The molecule has 0 saturated heterocycles. The van der Waals surface area contributed by atoms with Crippen molar-refractivity contribution in [3.63, 3.8) is 0 Å². The first-order valence-corrected chi connectivity index (χ1v) is 9.56. The lowest BCUT2D eigenvalue weighted by molar-refractivity contribution is -0.127. The molecule has 1 aromatic heterocycles. The Bertz CT molecular complexity index is 923. The van der Waals surface area contributed by atoms with Gasteiger partial charge < -0.3 is 14.8 Å². The van der Waals surface area contributed by atoms with Gasteiger partial charge in [-0.15, -0.1) is 10.2 Å². The molecular weight excluding hydrogens is 366 g/mol. The van der Waals surface area contributed by atoms with Crippen molar-refractivity contribution in [2.45, 2.75) is 26.9 Å². The highest BCUT2D eigenvalue weighted by Gasteiger charge is 2.14. The molecule has 6 heteroatoms. The average molecular weight is 391 g/mol. The zero-order valence-corrected chi connectivity index (χ0v) is 16.9. The van der Waals surface area contributed by atoms with Gasteiger partial charge in [-0.05, 0) is 50.1 Å². The molecule has 150 valence electrons. The molecule has 0 aliphatic carbocycles. The summed E-state index contributed by atoms with van der Waals surface area (Å²) < 4.78 is 11.3. The second kappa shape index (κ2) is 9.68. The summed E-state index contributed by atoms with van der Waals surface area (Å²) in [4.78, 5) is 12.2. The first-order chi connectivity index (χ1) is 14.0. The monoisotopic (exact) mass is 391 g/mol. The SMILES string of the molecule is Cc1cc(C)cc(OC(C)C(=O)NCCOc2ccc(-c3ccccc3)nn2)c1. The molecule has 0 aliphatic heterocycles. The molecule has 0 spiro atoms. The average Bonchev–Trinajstić information content (AvgIpc) is 2.71. The number of carbonyl (C=O) groups excluding carboxylic acids is 1. The van der Waals surface area contributed by atoms with Crippen molar-refractivity contribution >= 4 is 5.91 Å². The van der Waals surface area contributed by atoms with Gasteiger partial charge in [0.25, 0.3) is 5.91 Å². The van der Waals surface area contributed by atoms with Crippen LogP contribution >= 0.6 is 0 Å². The van der Waals surface area contributed by atoms with E-state index in [9.17, 15) is 4.79 Å². The Morgan fingerprint density at radius 1 is 1.00 bits per heavy atom. The number of ether oxygens (including phenoxy) is 2. The third-order valence-electron chi connectivity index (χ3n) is 4.24. The Hall–Kier alpha value is -3.41. The summed E-state index contributed by atoms with van der Waals surface area (Å²) in [5, 5.41) is 11.0. The molecular formula is C23H25N3O3. The fourth-order valence-electron chi connectivity index (χ4n) is 2.89. The van der Waals surface area contributed by atoms with Crippen LogP contribution in [0.2, 0.25) is 0 Å². The number of benzene rings is 2. The summed E-state index contributed by atoms with van der Waals surface area (Å²) >= 11 is 0. The van der Waals surface area contributed by atoms with Gasteiger partial charge in [-0.1, -0.05) is 36.4 Å². The van der Waals surface area contributed by atoms with Crippen molar-refractivity contribution in [2.24, 2.45) is 0 Å². The minimum absolute atomic E-state index is 0.196. The third kappa shape index (κ3) is 6.04. The van der Waals surface area contributed by atoms with Gasteiger partial charge in [0.15, 0.2) is 6.10 Å². The van der Waals surface area contributed by atoms with Crippen molar-refractivity contribution in [1.29, 1.82) is 0 Å². The predicted molar refractivity (Wildman–Crippen MR) is 112 cm³/mol. The third-order valence-corrected chi connectivity index (χ3v) is 4.24. The number of nitrogens with one attached hydrogen (secondary N) is 1. The number of hydrogen-bond donors (Lipinski definition) is 1. The van der Waals surface area contributed by atoms with Crippen LogP contribution in [0.15, 0.2) is 60.7 Å². The van der Waals surface area contributed by atoms with Crippen molar-refractivity contribution in [2.75, 3.05) is 13.2 Å². The molecule has 1 N–H and O–H groups in total. The van der Waals surface area contributed by atoms with E-state index in [0.717, 1.165) is 22.4 Å². The van der Waals surface area contributed by atoms with Crippen molar-refractivity contribution < 1.29 is 14.3 Å². The molecule has 0 fully saturated rings. The molecule has 6 nitrogen and oxygen atoms in total. The zero-order chi connectivity index (χ0) is 20.6. The number of nitrogens with zero attached hydrogens (tertiary/aromatic N) is 2. The molecule has 3 aromatic rings. The van der Waals surface area contributed by atoms with E-state index in [1.54, 1.807) is 13.0 Å². The Kier molecular flexibility index (Phi) is 6.79. The van der Waals surface area contributed by atoms with Crippen LogP contribution < -0.4 is 14.8 Å². The molecule has 29 heavy (non-hydrogen) atoms. The fourth-order valence-corrected chi connectivity index (χ4v) is 2.89. The van der Waals surface area contributed by atoms with E-state index in [1.807, 2.05) is 62.4 Å². The van der Waals surface area contributed by atoms with Crippen molar-refractivity contribution in [1.82, 2.24) is 15.5 Å². The fraction of sp³-hybridized carbons (Fsp3) is 0.261. The van der Waals surface area contributed by atoms with Gasteiger partial charge in [0.2, 0.25) is 5.88 Å². The van der Waals surface area contributed by atoms with E-state index >= 15 is 0 Å². The van der Waals surface area contributed by atoms with Crippen LogP contribution in [0.3, 0.4) is 0 Å². The topological polar surface area (TPSA) is 73.3 Å². The number of aromatic nitrogens is 2. The molecule has 1 amide bonds. The summed E-state index contributed by atoms with van der Waals surface area (Å²) in [5.74, 6) is 0.909. The first-order valence-electron chi connectivity index (χ1n) is 9.56. The summed E-state index contributed by atoms with van der Waals surface area (Å²) in [6, 6.07) is 19.3. The predicted octanol–water partition coefficient (Wildman–Crippen LogP) is 3.72. The van der Waals surface area contributed by atoms with E-state index in [-0.39, 0.29) is 5.91 Å². The summed E-state index contributed by atoms with van der Waals surface area (Å²) in [6.07, 6.45) is -0.596. The molecule has 0 aliphatic rings. The van der Waals surface area contributed by atoms with E-state index in [2.05, 4.69) is 21.6 Å². The maximum atomic E-state index is 12.2. The Labute approximate surface area is 170 Å². The van der Waals surface area contributed by atoms with Gasteiger partial charge in [0.1, 0.15) is 12.4 Å². The van der Waals surface area contributed by atoms with Gasteiger partial charge in [-0.25, -0.2) is 0 Å². The molecule has 0 radical (unpaired) electrons. The van der Waals surface area contributed by atoms with Crippen LogP contribution in [-0.4, -0.2) is 35.4 Å². The highest BCUT2D eigenvalue weighted by atomic mass is 16.5. The van der Waals surface area contributed by atoms with E-state index in [0.29, 0.717) is 24.8 Å². The molecule has 0 saturated carbocycles. The minimum atomic E-state index is -0.596. The normalized spacial score (nSPS) is 11.6. The lowest BCUT2D eigenvalue weighted by atomic mass is 10.1. The molecule has 3 rings (SSSR count). The van der Waals surface area contributed by atoms with E-state index in [4.69, 9.17) is 9.47 Å². The molecule has 1 unspecified atom stereocenters. The summed E-state index contributed by atoms with van der Waals surface area (Å²) in [5.41, 5.74) is 3.97. The van der Waals surface area contributed by atoms with Crippen LogP contribution in [0.4, 0.5) is 0 Å². The highest BCUT2D eigenvalue weighted by Crippen LogP contribution is 2.18. The molecule has 0 bridgehead atoms. The Morgan fingerprint density at radius 3 is 2.38 bits per heavy atom. The number of hydrogen-bond acceptors (Lipinski definition) is 5. The molecule has 2 aromatic carbocycles. The van der Waals surface area contributed by atoms with Crippen LogP contribution in [0, 0.1) is 13.8 Å². The number of carbonyl (C=O) groups is 1. The van der Waals surface area contributed by atoms with Crippen LogP contribution in [0.25, 0.3) is 11.3 Å². The second-order valence-corrected chi connectivity index (χ2v) is 6.85. The van der Waals surface area contributed by atoms with Gasteiger partial charge >= 0.3 is 0 Å². The number of amides is 1. The number of rotatable bonds is 8. The van der Waals surface area contributed by atoms with Crippen molar-refractivity contribution in [3.05, 3.63) is 71.8 Å². The lowest BCUT2D eigenvalue weighted by Gasteiger charge is -2.15. The zero-order valence-electron chi connectivity index (χ0n) is 16.9. The van der Waals surface area contributed by atoms with Gasteiger partial charge in [0.05, 0.1) is 12.2 Å². The number of aryl methyl sites for hydroxylation is 2. The van der Waals surface area contributed by atoms with Crippen LogP contribution in [-0.2, 0) is 4.79 Å². The maximum absolute atomic E-state index is 12.2. The second-order valence-electron chi connectivity index (χ2n) is 6.85. The Morgan fingerprint density at radius 2 is 1.72 bits per heavy atom. The smallest absolute Gasteiger partial charge is 0.260 e. The van der Waals surface area contributed by atoms with E-state index < -0.39 is 6.10 Å². The minimum Gasteiger partial charge on any atom is -0.481 e. The van der Waals surface area contributed by atoms with Crippen LogP contribution in [0.1, 0.15) is 18.1 Å². The van der Waals surface area contributed by atoms with E-state index in [1.165, 1.54) is 0 Å². The first kappa shape index (κ1) is 20.3. The van der Waals surface area contributed by atoms with Gasteiger partial charge in [-0.3, -0.25) is 4.79 Å². The molecule has 1 heterocycles. The summed E-state index contributed by atoms with van der Waals surface area (Å²) in [7, 11) is 0. The molecule has 1 atom stereocenters. The lowest BCUT2D eigenvalue weighted by Crippen LogP contribution is -2.38. The Balaban J connectivity index is 1.42.